The summed E-state index contributed by atoms with van der Waals surface area (Å²) in [6.45, 7) is -0.688. The van der Waals surface area contributed by atoms with Crippen molar-refractivity contribution >= 4 is 29.9 Å². The molecule has 11 N–H and O–H groups in total. The Bertz CT molecular complexity index is 1990. The van der Waals surface area contributed by atoms with Crippen LogP contribution in [0.1, 0.15) is 51.7 Å². The first-order valence-corrected chi connectivity index (χ1v) is 18.0. The number of aromatic hydroxyl groups is 5. The topological polar surface area (TPSA) is 329 Å². The summed E-state index contributed by atoms with van der Waals surface area (Å²) in [6, 6.07) is 8.41. The van der Waals surface area contributed by atoms with E-state index in [0.29, 0.717) is 11.1 Å². The van der Waals surface area contributed by atoms with Crippen molar-refractivity contribution < 1.29 is 99.0 Å². The van der Waals surface area contributed by atoms with Gasteiger partial charge in [-0.3, -0.25) is 4.79 Å². The summed E-state index contributed by atoms with van der Waals surface area (Å²) < 4.78 is 31.8. The zero-order valence-electron chi connectivity index (χ0n) is 32.1. The first-order chi connectivity index (χ1) is 28.4. The smallest absolute Gasteiger partial charge is 0.330 e. The normalized spacial score (nSPS) is 26.8. The Labute approximate surface area is 340 Å². The van der Waals surface area contributed by atoms with Crippen molar-refractivity contribution in [1.29, 1.82) is 0 Å². The minimum Gasteiger partial charge on any atom is -0.507 e. The van der Waals surface area contributed by atoms with Crippen LogP contribution in [0.25, 0.3) is 12.2 Å². The number of aliphatic hydroxyl groups is 6. The van der Waals surface area contributed by atoms with Gasteiger partial charge in [-0.2, -0.15) is 0 Å². The molecule has 2 heterocycles. The van der Waals surface area contributed by atoms with Crippen molar-refractivity contribution in [3.63, 3.8) is 0 Å². The van der Waals surface area contributed by atoms with Gasteiger partial charge in [0.1, 0.15) is 97.1 Å². The Kier molecular flexibility index (Phi) is 14.3. The van der Waals surface area contributed by atoms with E-state index >= 15 is 0 Å². The third-order valence-electron chi connectivity index (χ3n) is 9.85. The number of hydrogen-bond donors (Lipinski definition) is 11. The highest BCUT2D eigenvalue weighted by molar-refractivity contribution is 6.01. The molecule has 2 aliphatic heterocycles. The fraction of sp³-hybridized carbons (Fsp3) is 0.375. The van der Waals surface area contributed by atoms with E-state index in [1.54, 1.807) is 0 Å². The standard InChI is InChI=1S/C40H44O20/c1-16(41)27-32(48)28(39-37(53)35(51)30(46)23(59-39)14-57-25(44)10-6-17-4-8-19(42)21(12-17)55-2)34(50)29(33(27)49)40-38(54)36(52)31(47)24(60-40)15-58-26(45)11-7-18-5-9-20(43)22(13-18)56-3/h4-13,23-24,30-31,35-40,42-43,46-54H,14-15H2,1-3H3/b10-6+,11-7+/t23-,24-,30-,31-,35+,36+,37-,38-,39+,40+/m1/s1. The second-order valence-corrected chi connectivity index (χ2v) is 13.7. The number of ketones is 1. The molecule has 0 unspecified atom stereocenters. The molecule has 0 aromatic heterocycles. The molecule has 60 heavy (non-hydrogen) atoms. The summed E-state index contributed by atoms with van der Waals surface area (Å²) in [6.07, 6.45) is -15.3. The molecule has 20 heteroatoms. The van der Waals surface area contributed by atoms with Gasteiger partial charge in [-0.1, -0.05) is 12.1 Å². The van der Waals surface area contributed by atoms with E-state index in [2.05, 4.69) is 0 Å². The van der Waals surface area contributed by atoms with Gasteiger partial charge in [0.15, 0.2) is 28.8 Å². The van der Waals surface area contributed by atoms with Gasteiger partial charge < -0.3 is 84.6 Å². The molecule has 3 aromatic rings. The highest BCUT2D eigenvalue weighted by atomic mass is 16.6. The molecule has 5 rings (SSSR count). The third kappa shape index (κ3) is 9.40. The quantitative estimate of drug-likeness (QED) is 0.0612. The Hall–Kier alpha value is -5.97. The summed E-state index contributed by atoms with van der Waals surface area (Å²) in [5.74, 6) is -6.62. The Morgan fingerprint density at radius 2 is 0.967 bits per heavy atom. The highest BCUT2D eigenvalue weighted by Crippen LogP contribution is 2.52. The van der Waals surface area contributed by atoms with Crippen LogP contribution in [-0.2, 0) is 28.5 Å². The number of methoxy groups -OCH3 is 2. The molecule has 0 spiro atoms. The van der Waals surface area contributed by atoms with Crippen molar-refractivity contribution in [2.45, 2.75) is 68.0 Å². The number of benzene rings is 3. The fourth-order valence-corrected chi connectivity index (χ4v) is 6.63. The second kappa shape index (κ2) is 19.0. The lowest BCUT2D eigenvalue weighted by Crippen LogP contribution is -2.56. The number of phenols is 5. The Morgan fingerprint density at radius 3 is 1.32 bits per heavy atom. The number of rotatable bonds is 13. The van der Waals surface area contributed by atoms with E-state index in [4.69, 9.17) is 28.4 Å². The van der Waals surface area contributed by atoms with Crippen LogP contribution >= 0.6 is 0 Å². The summed E-state index contributed by atoms with van der Waals surface area (Å²) in [5.41, 5.74) is -1.82. The van der Waals surface area contributed by atoms with Gasteiger partial charge in [0, 0.05) is 12.2 Å². The van der Waals surface area contributed by atoms with Crippen molar-refractivity contribution in [2.75, 3.05) is 27.4 Å². The molecule has 0 radical (unpaired) electrons. The predicted octanol–water partition coefficient (Wildman–Crippen LogP) is -0.00720. The van der Waals surface area contributed by atoms with Gasteiger partial charge in [0.05, 0.1) is 25.3 Å². The van der Waals surface area contributed by atoms with Crippen LogP contribution in [0.15, 0.2) is 48.6 Å². The second-order valence-electron chi connectivity index (χ2n) is 13.7. The van der Waals surface area contributed by atoms with E-state index in [9.17, 15) is 70.6 Å². The van der Waals surface area contributed by atoms with Crippen LogP contribution in [-0.4, -0.2) is 150 Å². The van der Waals surface area contributed by atoms with Gasteiger partial charge >= 0.3 is 11.9 Å². The number of ether oxygens (including phenoxy) is 6. The first kappa shape index (κ1) is 45.1. The van der Waals surface area contributed by atoms with Gasteiger partial charge in [-0.25, -0.2) is 9.59 Å². The summed E-state index contributed by atoms with van der Waals surface area (Å²) in [5, 5.41) is 119. The average Bonchev–Trinajstić information content (AvgIpc) is 3.21. The van der Waals surface area contributed by atoms with E-state index < -0.39 is 126 Å². The highest BCUT2D eigenvalue weighted by Gasteiger charge is 2.51. The molecule has 0 aliphatic carbocycles. The van der Waals surface area contributed by atoms with Gasteiger partial charge in [-0.15, -0.1) is 0 Å². The fourth-order valence-electron chi connectivity index (χ4n) is 6.63. The monoisotopic (exact) mass is 844 g/mol. The number of aliphatic hydroxyl groups excluding tert-OH is 6. The van der Waals surface area contributed by atoms with Crippen LogP contribution in [0.4, 0.5) is 0 Å². The van der Waals surface area contributed by atoms with Crippen LogP contribution < -0.4 is 9.47 Å². The molecule has 0 saturated carbocycles. The van der Waals surface area contributed by atoms with E-state index in [0.717, 1.165) is 19.1 Å². The van der Waals surface area contributed by atoms with E-state index in [1.165, 1.54) is 62.8 Å². The predicted molar refractivity (Wildman–Crippen MR) is 202 cm³/mol. The maximum absolute atomic E-state index is 12.8. The lowest BCUT2D eigenvalue weighted by atomic mass is 9.84. The summed E-state index contributed by atoms with van der Waals surface area (Å²) >= 11 is 0. The SMILES string of the molecule is COc1cc(/C=C/C(=O)OC[C@H]2O[C@@H](c3c(O)c(C(C)=O)c(O)c([C@@H]4O[C@H](COC(=O)/C=C/c5ccc(O)c(OC)c5)[C@@H](O)[C@H](O)[C@H]4O)c3O)[C@H](O)[C@@H](O)[C@@H]2O)ccc1O. The molecule has 324 valence electrons. The molecule has 3 aromatic carbocycles. The minimum atomic E-state index is -2.18. The molecule has 2 aliphatic rings. The summed E-state index contributed by atoms with van der Waals surface area (Å²) in [4.78, 5) is 38.0. The number of phenolic OH excluding ortho intramolecular Hbond substituents is 5. The molecule has 0 bridgehead atoms. The van der Waals surface area contributed by atoms with Gasteiger partial charge in [0.2, 0.25) is 0 Å². The maximum atomic E-state index is 12.8. The average molecular weight is 845 g/mol. The van der Waals surface area contributed by atoms with Crippen LogP contribution in [0, 0.1) is 0 Å². The Morgan fingerprint density at radius 1 is 0.583 bits per heavy atom. The minimum absolute atomic E-state index is 0.123. The lowest BCUT2D eigenvalue weighted by molar-refractivity contribution is -0.236. The van der Waals surface area contributed by atoms with Crippen LogP contribution in [0.3, 0.4) is 0 Å². The van der Waals surface area contributed by atoms with E-state index in [-0.39, 0.29) is 23.0 Å². The molecule has 20 nitrogen and oxygen atoms in total. The zero-order chi connectivity index (χ0) is 44.2. The molecule has 10 atom stereocenters. The van der Waals surface area contributed by atoms with Crippen molar-refractivity contribution in [3.05, 3.63) is 76.4 Å². The van der Waals surface area contributed by atoms with Crippen LogP contribution in [0.5, 0.6) is 40.2 Å². The van der Waals surface area contributed by atoms with Gasteiger partial charge in [-0.05, 0) is 54.5 Å². The molecular formula is C40H44O20. The van der Waals surface area contributed by atoms with Crippen molar-refractivity contribution in [2.24, 2.45) is 0 Å². The first-order valence-electron chi connectivity index (χ1n) is 18.0. The number of Topliss-reactive ketones (excluding diaryl/α,β-unsaturated/α-hetero) is 1. The molecule has 0 amide bonds. The number of esters is 2. The molecule has 2 fully saturated rings. The van der Waals surface area contributed by atoms with Crippen LogP contribution in [0.2, 0.25) is 0 Å². The molecular weight excluding hydrogens is 800 g/mol. The number of carbonyl (C=O) groups excluding carboxylic acids is 3. The molecule has 2 saturated heterocycles. The number of carbonyl (C=O) groups is 3. The lowest BCUT2D eigenvalue weighted by Gasteiger charge is -2.42. The Balaban J connectivity index is 1.40. The van der Waals surface area contributed by atoms with E-state index in [1.807, 2.05) is 0 Å². The van der Waals surface area contributed by atoms with Crippen molar-refractivity contribution in [3.8, 4) is 40.2 Å². The largest absolute Gasteiger partial charge is 0.507 e. The zero-order valence-corrected chi connectivity index (χ0v) is 32.1. The van der Waals surface area contributed by atoms with Crippen molar-refractivity contribution in [1.82, 2.24) is 0 Å². The number of hydrogen-bond acceptors (Lipinski definition) is 20. The summed E-state index contributed by atoms with van der Waals surface area (Å²) in [7, 11) is 2.65. The third-order valence-corrected chi connectivity index (χ3v) is 9.85. The van der Waals surface area contributed by atoms with Gasteiger partial charge in [0.25, 0.3) is 0 Å². The maximum Gasteiger partial charge on any atom is 0.330 e.